The standard InChI is InChI=1S/C7H16BN/c1-6(2)9(8)7(3,4)5/h6H,1-5H3. The molecule has 0 aromatic carbocycles. The molecule has 0 saturated heterocycles. The predicted molar refractivity (Wildman–Crippen MR) is 42.5 cm³/mol. The van der Waals surface area contributed by atoms with Crippen molar-refractivity contribution in [2.45, 2.75) is 46.2 Å². The first-order chi connectivity index (χ1) is 3.85. The van der Waals surface area contributed by atoms with Crippen molar-refractivity contribution in [3.63, 3.8) is 0 Å². The molecule has 0 amide bonds. The molecule has 0 N–H and O–H groups in total. The number of hydrogen-bond acceptors (Lipinski definition) is 1. The Morgan fingerprint density at radius 3 is 1.56 bits per heavy atom. The van der Waals surface area contributed by atoms with Gasteiger partial charge in [0.1, 0.15) is 0 Å². The zero-order chi connectivity index (χ0) is 7.65. The van der Waals surface area contributed by atoms with Crippen molar-refractivity contribution in [1.82, 2.24) is 4.81 Å². The third kappa shape index (κ3) is 2.90. The third-order valence-electron chi connectivity index (χ3n) is 1.33. The Morgan fingerprint density at radius 1 is 1.22 bits per heavy atom. The summed E-state index contributed by atoms with van der Waals surface area (Å²) in [6.07, 6.45) is 0. The van der Waals surface area contributed by atoms with Crippen molar-refractivity contribution >= 4 is 7.98 Å². The molecule has 0 fully saturated rings. The van der Waals surface area contributed by atoms with Crippen molar-refractivity contribution in [2.75, 3.05) is 0 Å². The fraction of sp³-hybridized carbons (Fsp3) is 1.00. The van der Waals surface area contributed by atoms with E-state index in [1.165, 1.54) is 0 Å². The van der Waals surface area contributed by atoms with E-state index in [0.29, 0.717) is 6.04 Å². The van der Waals surface area contributed by atoms with Crippen LogP contribution in [0.3, 0.4) is 0 Å². The summed E-state index contributed by atoms with van der Waals surface area (Å²) in [7, 11) is 5.73. The smallest absolute Gasteiger partial charge is 0.183 e. The van der Waals surface area contributed by atoms with Crippen molar-refractivity contribution in [1.29, 1.82) is 0 Å². The molecule has 0 unspecified atom stereocenters. The maximum atomic E-state index is 5.73. The first-order valence-corrected chi connectivity index (χ1v) is 3.39. The average Bonchev–Trinajstić information content (AvgIpc) is 1.62. The van der Waals surface area contributed by atoms with Crippen LogP contribution in [0.15, 0.2) is 0 Å². The zero-order valence-electron chi connectivity index (χ0n) is 7.10. The van der Waals surface area contributed by atoms with Crippen LogP contribution in [0.5, 0.6) is 0 Å². The molecule has 0 aliphatic heterocycles. The molecule has 0 aliphatic rings. The van der Waals surface area contributed by atoms with Crippen molar-refractivity contribution in [2.24, 2.45) is 0 Å². The Morgan fingerprint density at radius 2 is 1.56 bits per heavy atom. The van der Waals surface area contributed by atoms with Crippen molar-refractivity contribution < 1.29 is 0 Å². The summed E-state index contributed by atoms with van der Waals surface area (Å²) in [5.74, 6) is 0. The quantitative estimate of drug-likeness (QED) is 0.481. The molecule has 0 aromatic rings. The highest BCUT2D eigenvalue weighted by Gasteiger charge is 2.17. The van der Waals surface area contributed by atoms with E-state index in [1.54, 1.807) is 0 Å². The Hall–Kier alpha value is 0.0249. The number of rotatable bonds is 1. The first-order valence-electron chi connectivity index (χ1n) is 3.39. The fourth-order valence-corrected chi connectivity index (χ4v) is 0.775. The second-order valence-electron chi connectivity index (χ2n) is 3.67. The molecule has 0 heterocycles. The molecule has 9 heavy (non-hydrogen) atoms. The molecule has 0 aromatic heterocycles. The SMILES string of the molecule is [B]N(C(C)C)C(C)(C)C. The summed E-state index contributed by atoms with van der Waals surface area (Å²) < 4.78 is 0. The summed E-state index contributed by atoms with van der Waals surface area (Å²) in [6.45, 7) is 10.5. The van der Waals surface area contributed by atoms with Crippen LogP contribution in [0.4, 0.5) is 0 Å². The van der Waals surface area contributed by atoms with Crippen LogP contribution in [0, 0.1) is 0 Å². The van der Waals surface area contributed by atoms with Crippen LogP contribution < -0.4 is 0 Å². The molecule has 2 radical (unpaired) electrons. The van der Waals surface area contributed by atoms with Crippen LogP contribution in [-0.4, -0.2) is 24.4 Å². The lowest BCUT2D eigenvalue weighted by Gasteiger charge is -2.36. The molecule has 1 nitrogen and oxygen atoms in total. The van der Waals surface area contributed by atoms with Crippen molar-refractivity contribution in [3.8, 4) is 0 Å². The van der Waals surface area contributed by atoms with Gasteiger partial charge in [-0.25, -0.2) is 0 Å². The van der Waals surface area contributed by atoms with E-state index < -0.39 is 0 Å². The summed E-state index contributed by atoms with van der Waals surface area (Å²) in [5.41, 5.74) is 0.0914. The molecule has 0 rings (SSSR count). The second-order valence-corrected chi connectivity index (χ2v) is 3.67. The third-order valence-corrected chi connectivity index (χ3v) is 1.33. The minimum absolute atomic E-state index is 0.0914. The Labute approximate surface area is 59.9 Å². The van der Waals surface area contributed by atoms with Crippen molar-refractivity contribution in [3.05, 3.63) is 0 Å². The van der Waals surface area contributed by atoms with E-state index in [4.69, 9.17) is 7.98 Å². The van der Waals surface area contributed by atoms with Gasteiger partial charge in [-0.15, -0.1) is 0 Å². The van der Waals surface area contributed by atoms with Gasteiger partial charge in [0.25, 0.3) is 0 Å². The molecule has 0 bridgehead atoms. The van der Waals surface area contributed by atoms with E-state index >= 15 is 0 Å². The Balaban J connectivity index is 3.88. The topological polar surface area (TPSA) is 3.24 Å². The van der Waals surface area contributed by atoms with E-state index in [-0.39, 0.29) is 5.54 Å². The van der Waals surface area contributed by atoms with E-state index in [0.717, 1.165) is 0 Å². The molecule has 2 heteroatoms. The summed E-state index contributed by atoms with van der Waals surface area (Å²) in [4.78, 5) is 1.85. The van der Waals surface area contributed by atoms with Crippen LogP contribution in [0.2, 0.25) is 0 Å². The zero-order valence-corrected chi connectivity index (χ0v) is 7.10. The van der Waals surface area contributed by atoms with Crippen LogP contribution in [0.1, 0.15) is 34.6 Å². The summed E-state index contributed by atoms with van der Waals surface area (Å²) in [5, 5.41) is 0. The maximum Gasteiger partial charge on any atom is 0.183 e. The second kappa shape index (κ2) is 2.74. The molecule has 0 spiro atoms. The van der Waals surface area contributed by atoms with Gasteiger partial charge in [-0.1, -0.05) is 13.8 Å². The van der Waals surface area contributed by atoms with Gasteiger partial charge in [0.2, 0.25) is 0 Å². The van der Waals surface area contributed by atoms with E-state index in [9.17, 15) is 0 Å². The minimum Gasteiger partial charge on any atom is -0.347 e. The van der Waals surface area contributed by atoms with Gasteiger partial charge in [0, 0.05) is 5.54 Å². The average molecular weight is 125 g/mol. The number of nitrogens with zero attached hydrogens (tertiary/aromatic N) is 1. The van der Waals surface area contributed by atoms with Gasteiger partial charge in [-0.2, -0.15) is 0 Å². The van der Waals surface area contributed by atoms with E-state index in [1.807, 2.05) is 4.81 Å². The lowest BCUT2D eigenvalue weighted by molar-refractivity contribution is 0.218. The maximum absolute atomic E-state index is 5.73. The fourth-order valence-electron chi connectivity index (χ4n) is 0.775. The molecule has 0 atom stereocenters. The molecular formula is C7H16BN. The minimum atomic E-state index is 0.0914. The summed E-state index contributed by atoms with van der Waals surface area (Å²) in [6, 6.07) is 0.421. The van der Waals surface area contributed by atoms with Gasteiger partial charge in [-0.05, 0) is 26.8 Å². The lowest BCUT2D eigenvalue weighted by atomic mass is 9.99. The normalized spacial score (nSPS) is 13.2. The van der Waals surface area contributed by atoms with Gasteiger partial charge < -0.3 is 4.81 Å². The largest absolute Gasteiger partial charge is 0.347 e. The highest BCUT2D eigenvalue weighted by molar-refractivity contribution is 6.05. The van der Waals surface area contributed by atoms with Crippen LogP contribution in [-0.2, 0) is 0 Å². The first kappa shape index (κ1) is 9.02. The van der Waals surface area contributed by atoms with Gasteiger partial charge in [-0.3, -0.25) is 0 Å². The Bertz CT molecular complexity index is 83.4. The highest BCUT2D eigenvalue weighted by atomic mass is 15.1. The summed E-state index contributed by atoms with van der Waals surface area (Å²) >= 11 is 0. The van der Waals surface area contributed by atoms with Gasteiger partial charge in [0.05, 0.1) is 0 Å². The Kier molecular flexibility index (Phi) is 2.75. The number of hydrogen-bond donors (Lipinski definition) is 0. The van der Waals surface area contributed by atoms with E-state index in [2.05, 4.69) is 34.6 Å². The molecule has 0 saturated carbocycles. The van der Waals surface area contributed by atoms with Crippen LogP contribution in [0.25, 0.3) is 0 Å². The molecular weight excluding hydrogens is 109 g/mol. The predicted octanol–water partition coefficient (Wildman–Crippen LogP) is 1.58. The monoisotopic (exact) mass is 125 g/mol. The lowest BCUT2D eigenvalue weighted by Crippen LogP contribution is -2.43. The molecule has 52 valence electrons. The van der Waals surface area contributed by atoms with Crippen LogP contribution >= 0.6 is 0 Å². The molecule has 0 aliphatic carbocycles. The van der Waals surface area contributed by atoms with Gasteiger partial charge >= 0.3 is 0 Å². The van der Waals surface area contributed by atoms with Gasteiger partial charge in [0.15, 0.2) is 7.98 Å². The highest BCUT2D eigenvalue weighted by Crippen LogP contribution is 2.12.